The van der Waals surface area contributed by atoms with E-state index in [2.05, 4.69) is 23.3 Å². The van der Waals surface area contributed by atoms with Gasteiger partial charge in [-0.05, 0) is 58.7 Å². The van der Waals surface area contributed by atoms with E-state index in [-0.39, 0.29) is 5.54 Å². The van der Waals surface area contributed by atoms with Gasteiger partial charge in [-0.15, -0.1) is 0 Å². The predicted octanol–water partition coefficient (Wildman–Crippen LogP) is 2.53. The van der Waals surface area contributed by atoms with E-state index >= 15 is 0 Å². The maximum Gasteiger partial charge on any atom is 0.109 e. The number of hydrogen-bond acceptors (Lipinski definition) is 3. The summed E-state index contributed by atoms with van der Waals surface area (Å²) in [6, 6.07) is 3.34. The Labute approximate surface area is 112 Å². The van der Waals surface area contributed by atoms with Gasteiger partial charge in [0.2, 0.25) is 0 Å². The van der Waals surface area contributed by atoms with Crippen molar-refractivity contribution >= 4 is 0 Å². The second-order valence-electron chi connectivity index (χ2n) is 6.13. The summed E-state index contributed by atoms with van der Waals surface area (Å²) >= 11 is 0. The zero-order valence-electron chi connectivity index (χ0n) is 11.9. The third kappa shape index (κ3) is 2.70. The molecule has 0 aliphatic heterocycles. The van der Waals surface area contributed by atoms with E-state index < -0.39 is 0 Å². The number of rotatable bonds is 5. The van der Waals surface area contributed by atoms with E-state index in [9.17, 15) is 5.26 Å². The molecule has 2 unspecified atom stereocenters. The molecule has 0 spiro atoms. The lowest BCUT2D eigenvalue weighted by Crippen LogP contribution is -2.46. The van der Waals surface area contributed by atoms with Gasteiger partial charge in [0, 0.05) is 6.04 Å². The third-order valence-electron chi connectivity index (χ3n) is 5.24. The lowest BCUT2D eigenvalue weighted by molar-refractivity contribution is 0.209. The molecule has 0 aromatic carbocycles. The second-order valence-corrected chi connectivity index (χ2v) is 6.13. The smallest absolute Gasteiger partial charge is 0.109 e. The topological polar surface area (TPSA) is 39.1 Å². The van der Waals surface area contributed by atoms with Crippen LogP contribution in [0.25, 0.3) is 0 Å². The average molecular weight is 249 g/mol. The van der Waals surface area contributed by atoms with Crippen LogP contribution < -0.4 is 5.32 Å². The van der Waals surface area contributed by atoms with Crippen LogP contribution in [-0.4, -0.2) is 37.1 Å². The fourth-order valence-electron chi connectivity index (χ4n) is 3.89. The van der Waals surface area contributed by atoms with E-state index in [0.717, 1.165) is 19.0 Å². The zero-order valence-corrected chi connectivity index (χ0v) is 11.9. The first-order valence-electron chi connectivity index (χ1n) is 7.52. The number of hydrogen-bond donors (Lipinski definition) is 1. The molecule has 0 bridgehead atoms. The lowest BCUT2D eigenvalue weighted by Gasteiger charge is -2.31. The number of nitrogens with zero attached hydrogens (tertiary/aromatic N) is 2. The third-order valence-corrected chi connectivity index (χ3v) is 5.24. The molecule has 0 aromatic rings. The van der Waals surface area contributed by atoms with Crippen molar-refractivity contribution in [3.05, 3.63) is 0 Å². The molecule has 2 fully saturated rings. The molecule has 1 N–H and O–H groups in total. The Hall–Kier alpha value is -0.590. The normalized spacial score (nSPS) is 33.1. The Morgan fingerprint density at radius 1 is 1.28 bits per heavy atom. The molecule has 2 saturated carbocycles. The van der Waals surface area contributed by atoms with Crippen molar-refractivity contribution in [3.63, 3.8) is 0 Å². The van der Waals surface area contributed by atoms with Gasteiger partial charge in [-0.1, -0.05) is 19.3 Å². The highest BCUT2D eigenvalue weighted by Gasteiger charge is 2.41. The van der Waals surface area contributed by atoms with Crippen LogP contribution in [0.2, 0.25) is 0 Å². The minimum Gasteiger partial charge on any atom is -0.303 e. The first kappa shape index (κ1) is 13.8. The van der Waals surface area contributed by atoms with Crippen LogP contribution in [0.5, 0.6) is 0 Å². The maximum absolute atomic E-state index is 9.44. The van der Waals surface area contributed by atoms with Gasteiger partial charge in [0.15, 0.2) is 0 Å². The van der Waals surface area contributed by atoms with E-state index in [1.165, 1.54) is 44.9 Å². The van der Waals surface area contributed by atoms with Gasteiger partial charge in [-0.25, -0.2) is 0 Å². The Morgan fingerprint density at radius 3 is 2.61 bits per heavy atom. The van der Waals surface area contributed by atoms with Crippen molar-refractivity contribution in [3.8, 4) is 6.07 Å². The summed E-state index contributed by atoms with van der Waals surface area (Å²) in [7, 11) is 4.21. The summed E-state index contributed by atoms with van der Waals surface area (Å²) in [4.78, 5) is 2.53. The summed E-state index contributed by atoms with van der Waals surface area (Å²) in [5, 5.41) is 12.7. The molecule has 3 nitrogen and oxygen atoms in total. The molecule has 0 radical (unpaired) electrons. The molecule has 0 aromatic heterocycles. The minimum absolute atomic E-state index is 0.240. The first-order valence-corrected chi connectivity index (χ1v) is 7.52. The molecule has 2 rings (SSSR count). The van der Waals surface area contributed by atoms with Crippen LogP contribution in [-0.2, 0) is 0 Å². The highest BCUT2D eigenvalue weighted by Crippen LogP contribution is 2.37. The lowest BCUT2D eigenvalue weighted by atomic mass is 9.86. The van der Waals surface area contributed by atoms with Crippen molar-refractivity contribution in [1.29, 1.82) is 5.26 Å². The van der Waals surface area contributed by atoms with E-state index in [1.807, 2.05) is 7.05 Å². The largest absolute Gasteiger partial charge is 0.303 e. The molecule has 2 aliphatic rings. The quantitative estimate of drug-likeness (QED) is 0.814. The molecule has 0 saturated heterocycles. The summed E-state index contributed by atoms with van der Waals surface area (Å²) in [5.74, 6) is 0.538. The van der Waals surface area contributed by atoms with Crippen molar-refractivity contribution in [2.24, 2.45) is 5.92 Å². The molecular formula is C15H27N3. The fourth-order valence-corrected chi connectivity index (χ4v) is 3.89. The van der Waals surface area contributed by atoms with Crippen LogP contribution in [0, 0.1) is 17.2 Å². The van der Waals surface area contributed by atoms with E-state index in [0.29, 0.717) is 5.92 Å². The summed E-state index contributed by atoms with van der Waals surface area (Å²) in [5.41, 5.74) is -0.240. The summed E-state index contributed by atoms with van der Waals surface area (Å²) < 4.78 is 0. The van der Waals surface area contributed by atoms with Gasteiger partial charge in [0.05, 0.1) is 6.07 Å². The van der Waals surface area contributed by atoms with Crippen molar-refractivity contribution in [2.75, 3.05) is 20.6 Å². The number of nitriles is 1. The Balaban J connectivity index is 1.84. The first-order chi connectivity index (χ1) is 8.72. The highest BCUT2D eigenvalue weighted by molar-refractivity contribution is 5.13. The van der Waals surface area contributed by atoms with Crippen molar-refractivity contribution < 1.29 is 0 Å². The molecule has 0 heterocycles. The van der Waals surface area contributed by atoms with E-state index in [1.54, 1.807) is 0 Å². The van der Waals surface area contributed by atoms with Gasteiger partial charge in [-0.2, -0.15) is 5.26 Å². The zero-order chi connectivity index (χ0) is 13.0. The van der Waals surface area contributed by atoms with Crippen LogP contribution in [0.15, 0.2) is 0 Å². The van der Waals surface area contributed by atoms with E-state index in [4.69, 9.17) is 0 Å². The average Bonchev–Trinajstić information content (AvgIpc) is 3.05. The number of nitrogens with one attached hydrogen (secondary N) is 1. The molecule has 102 valence electrons. The van der Waals surface area contributed by atoms with Crippen molar-refractivity contribution in [1.82, 2.24) is 10.2 Å². The van der Waals surface area contributed by atoms with Gasteiger partial charge in [0.25, 0.3) is 0 Å². The standard InChI is InChI=1S/C15H27N3/c1-17-15(12-16)10-5-6-13(15)9-11-18(2)14-7-3-4-8-14/h13-14,17H,3-11H2,1-2H3. The summed E-state index contributed by atoms with van der Waals surface area (Å²) in [6.07, 6.45) is 10.2. The maximum atomic E-state index is 9.44. The van der Waals surface area contributed by atoms with Gasteiger partial charge < -0.3 is 10.2 Å². The molecule has 0 amide bonds. The highest BCUT2D eigenvalue weighted by atomic mass is 15.1. The monoisotopic (exact) mass is 249 g/mol. The van der Waals surface area contributed by atoms with Crippen LogP contribution >= 0.6 is 0 Å². The predicted molar refractivity (Wildman–Crippen MR) is 74.2 cm³/mol. The fraction of sp³-hybridized carbons (Fsp3) is 0.933. The van der Waals surface area contributed by atoms with Gasteiger partial charge in [0.1, 0.15) is 5.54 Å². The van der Waals surface area contributed by atoms with Crippen LogP contribution in [0.4, 0.5) is 0 Å². The molecular weight excluding hydrogens is 222 g/mol. The Kier molecular flexibility index (Phi) is 4.64. The SMILES string of the molecule is CNC1(C#N)CCCC1CCN(C)C1CCCC1. The van der Waals surface area contributed by atoms with Crippen LogP contribution in [0.1, 0.15) is 51.4 Å². The minimum atomic E-state index is -0.240. The Bertz CT molecular complexity index is 303. The summed E-state index contributed by atoms with van der Waals surface area (Å²) in [6.45, 7) is 1.15. The molecule has 2 atom stereocenters. The molecule has 2 aliphatic carbocycles. The second kappa shape index (κ2) is 6.04. The Morgan fingerprint density at radius 2 is 2.00 bits per heavy atom. The van der Waals surface area contributed by atoms with Gasteiger partial charge in [-0.3, -0.25) is 0 Å². The van der Waals surface area contributed by atoms with Gasteiger partial charge >= 0.3 is 0 Å². The molecule has 3 heteroatoms. The van der Waals surface area contributed by atoms with Crippen LogP contribution in [0.3, 0.4) is 0 Å². The van der Waals surface area contributed by atoms with Crippen molar-refractivity contribution in [2.45, 2.75) is 62.9 Å². The molecule has 18 heavy (non-hydrogen) atoms.